The van der Waals surface area contributed by atoms with Crippen molar-refractivity contribution in [1.29, 1.82) is 0 Å². The van der Waals surface area contributed by atoms with Crippen LogP contribution in [-0.4, -0.2) is 0 Å². The zero-order valence-corrected chi connectivity index (χ0v) is 13.6. The summed E-state index contributed by atoms with van der Waals surface area (Å²) >= 11 is 1.86. The molecule has 0 aliphatic heterocycles. The Morgan fingerprint density at radius 3 is 1.33 bits per heavy atom. The van der Waals surface area contributed by atoms with Crippen molar-refractivity contribution in [1.82, 2.24) is 0 Å². The average molecular weight is 294 g/mol. The molecule has 0 aliphatic rings. The van der Waals surface area contributed by atoms with Gasteiger partial charge in [0.05, 0.1) is 9.49 Å². The van der Waals surface area contributed by atoms with Gasteiger partial charge >= 0.3 is 0 Å². The van der Waals surface area contributed by atoms with Gasteiger partial charge in [-0.2, -0.15) is 0 Å². The Bertz CT molecular complexity index is 547. The third-order valence-corrected chi connectivity index (χ3v) is 5.55. The Morgan fingerprint density at radius 1 is 0.714 bits per heavy atom. The van der Waals surface area contributed by atoms with Crippen LogP contribution < -0.4 is 0 Å². The first kappa shape index (κ1) is 15.7. The maximum absolute atomic E-state index is 4.07. The van der Waals surface area contributed by atoms with E-state index in [0.717, 1.165) is 0 Å². The molecule has 2 aromatic carbocycles. The summed E-state index contributed by atoms with van der Waals surface area (Å²) in [4.78, 5) is 0. The van der Waals surface area contributed by atoms with Crippen LogP contribution in [0.3, 0.4) is 0 Å². The molecule has 0 saturated heterocycles. The smallest absolute Gasteiger partial charge is 0.0569 e. The van der Waals surface area contributed by atoms with E-state index in [4.69, 9.17) is 0 Å². The number of benzene rings is 2. The van der Waals surface area contributed by atoms with Crippen LogP contribution in [0.1, 0.15) is 25.0 Å². The van der Waals surface area contributed by atoms with E-state index >= 15 is 0 Å². The van der Waals surface area contributed by atoms with Gasteiger partial charge in [-0.1, -0.05) is 72.8 Å². The monoisotopic (exact) mass is 294 g/mol. The molecular weight excluding hydrogens is 272 g/mol. The summed E-state index contributed by atoms with van der Waals surface area (Å²) in [6, 6.07) is 21.0. The molecule has 0 amide bonds. The van der Waals surface area contributed by atoms with Gasteiger partial charge in [0.2, 0.25) is 0 Å². The van der Waals surface area contributed by atoms with Crippen molar-refractivity contribution < 1.29 is 0 Å². The molecule has 0 aliphatic carbocycles. The predicted molar refractivity (Wildman–Crippen MR) is 95.6 cm³/mol. The van der Waals surface area contributed by atoms with E-state index in [9.17, 15) is 0 Å². The molecule has 0 aromatic heterocycles. The van der Waals surface area contributed by atoms with E-state index in [1.54, 1.807) is 0 Å². The quantitative estimate of drug-likeness (QED) is 0.596. The first-order valence-corrected chi connectivity index (χ1v) is 7.94. The fourth-order valence-electron chi connectivity index (χ4n) is 2.42. The second-order valence-corrected chi connectivity index (χ2v) is 7.36. The summed E-state index contributed by atoms with van der Waals surface area (Å²) in [7, 11) is 0. The van der Waals surface area contributed by atoms with Crippen LogP contribution in [0.2, 0.25) is 0 Å². The van der Waals surface area contributed by atoms with E-state index in [0.29, 0.717) is 0 Å². The molecule has 0 fully saturated rings. The second-order valence-electron chi connectivity index (χ2n) is 5.46. The summed E-state index contributed by atoms with van der Waals surface area (Å²) in [5.74, 6) is 0. The van der Waals surface area contributed by atoms with Crippen LogP contribution in [-0.2, 0) is 9.49 Å². The normalized spacial score (nSPS) is 16.5. The van der Waals surface area contributed by atoms with Gasteiger partial charge in [0.1, 0.15) is 0 Å². The SMILES string of the molecule is C=CC(C)(SC(C)(C=C)c1ccccc1)c1ccccc1. The van der Waals surface area contributed by atoms with Crippen molar-refractivity contribution in [3.05, 3.63) is 97.1 Å². The maximum atomic E-state index is 4.07. The van der Waals surface area contributed by atoms with Crippen molar-refractivity contribution in [2.24, 2.45) is 0 Å². The minimum Gasteiger partial charge on any atom is -0.131 e. The molecule has 0 nitrogen and oxygen atoms in total. The highest BCUT2D eigenvalue weighted by atomic mass is 32.2. The highest BCUT2D eigenvalue weighted by molar-refractivity contribution is 8.01. The van der Waals surface area contributed by atoms with Gasteiger partial charge in [-0.15, -0.1) is 24.9 Å². The number of rotatable bonds is 6. The molecule has 0 radical (unpaired) electrons. The lowest BCUT2D eigenvalue weighted by Gasteiger charge is -2.36. The molecule has 0 spiro atoms. The summed E-state index contributed by atoms with van der Waals surface area (Å²) in [6.45, 7) is 12.6. The van der Waals surface area contributed by atoms with Gasteiger partial charge in [0.15, 0.2) is 0 Å². The maximum Gasteiger partial charge on any atom is 0.0569 e. The molecule has 2 aromatic rings. The lowest BCUT2D eigenvalue weighted by molar-refractivity contribution is 0.814. The van der Waals surface area contributed by atoms with Gasteiger partial charge < -0.3 is 0 Å². The minimum absolute atomic E-state index is 0.167. The fraction of sp³-hybridized carbons (Fsp3) is 0.200. The minimum atomic E-state index is -0.167. The molecule has 0 saturated carbocycles. The first-order valence-electron chi connectivity index (χ1n) is 7.12. The van der Waals surface area contributed by atoms with Crippen LogP contribution in [0.25, 0.3) is 0 Å². The standard InChI is InChI=1S/C20H22S/c1-5-19(3,17-13-9-7-10-14-17)21-20(4,6-2)18-15-11-8-12-16-18/h5-16H,1-2H2,3-4H3. The van der Waals surface area contributed by atoms with Crippen molar-refractivity contribution in [2.45, 2.75) is 23.3 Å². The van der Waals surface area contributed by atoms with Crippen molar-refractivity contribution in [3.63, 3.8) is 0 Å². The molecule has 0 bridgehead atoms. The van der Waals surface area contributed by atoms with E-state index in [2.05, 4.69) is 75.5 Å². The topological polar surface area (TPSA) is 0 Å². The summed E-state index contributed by atoms with van der Waals surface area (Å²) in [5, 5.41) is 0. The molecular formula is C20H22S. The van der Waals surface area contributed by atoms with E-state index in [1.807, 2.05) is 36.0 Å². The molecule has 2 unspecified atom stereocenters. The van der Waals surface area contributed by atoms with Crippen molar-refractivity contribution in [2.75, 3.05) is 0 Å². The van der Waals surface area contributed by atoms with Crippen LogP contribution >= 0.6 is 11.8 Å². The van der Waals surface area contributed by atoms with Crippen LogP contribution in [0.5, 0.6) is 0 Å². The molecule has 108 valence electrons. The van der Waals surface area contributed by atoms with Gasteiger partial charge in [0.25, 0.3) is 0 Å². The van der Waals surface area contributed by atoms with Crippen molar-refractivity contribution in [3.8, 4) is 0 Å². The molecule has 0 heterocycles. The van der Waals surface area contributed by atoms with Gasteiger partial charge in [-0.3, -0.25) is 0 Å². The van der Waals surface area contributed by atoms with Crippen LogP contribution in [0, 0.1) is 0 Å². The zero-order chi connectivity index (χ0) is 15.3. The van der Waals surface area contributed by atoms with E-state index in [-0.39, 0.29) is 9.49 Å². The highest BCUT2D eigenvalue weighted by Gasteiger charge is 2.34. The van der Waals surface area contributed by atoms with Gasteiger partial charge in [0, 0.05) is 0 Å². The molecule has 2 rings (SSSR count). The lowest BCUT2D eigenvalue weighted by atomic mass is 9.99. The summed E-state index contributed by atoms with van der Waals surface area (Å²) in [6.07, 6.45) is 4.05. The first-order chi connectivity index (χ1) is 10.0. The number of hydrogen-bond acceptors (Lipinski definition) is 1. The number of hydrogen-bond donors (Lipinski definition) is 0. The number of thioether (sulfide) groups is 1. The Morgan fingerprint density at radius 2 is 1.05 bits per heavy atom. The Balaban J connectivity index is 2.40. The summed E-state index contributed by atoms with van der Waals surface area (Å²) in [5.41, 5.74) is 2.52. The van der Waals surface area contributed by atoms with E-state index in [1.165, 1.54) is 11.1 Å². The van der Waals surface area contributed by atoms with E-state index < -0.39 is 0 Å². The fourth-order valence-corrected chi connectivity index (χ4v) is 3.97. The molecule has 21 heavy (non-hydrogen) atoms. The highest BCUT2D eigenvalue weighted by Crippen LogP contribution is 2.50. The average Bonchev–Trinajstić information content (AvgIpc) is 2.56. The second kappa shape index (κ2) is 6.36. The molecule has 1 heteroatoms. The van der Waals surface area contributed by atoms with Gasteiger partial charge in [-0.05, 0) is 25.0 Å². The predicted octanol–water partition coefficient (Wildman–Crippen LogP) is 5.92. The Labute approximate surface area is 132 Å². The Kier molecular flexibility index (Phi) is 4.74. The van der Waals surface area contributed by atoms with Crippen LogP contribution in [0.15, 0.2) is 86.0 Å². The third-order valence-electron chi connectivity index (χ3n) is 3.90. The zero-order valence-electron chi connectivity index (χ0n) is 12.8. The largest absolute Gasteiger partial charge is 0.131 e. The third kappa shape index (κ3) is 3.30. The lowest BCUT2D eigenvalue weighted by Crippen LogP contribution is -2.24. The van der Waals surface area contributed by atoms with Gasteiger partial charge in [-0.25, -0.2) is 0 Å². The molecule has 2 atom stereocenters. The summed E-state index contributed by atoms with van der Waals surface area (Å²) < 4.78 is -0.333. The molecule has 0 N–H and O–H groups in total. The van der Waals surface area contributed by atoms with Crippen molar-refractivity contribution >= 4 is 11.8 Å². The van der Waals surface area contributed by atoms with Crippen LogP contribution in [0.4, 0.5) is 0 Å². The Hall–Kier alpha value is -1.73.